The van der Waals surface area contributed by atoms with Gasteiger partial charge in [0.25, 0.3) is 0 Å². The first-order chi connectivity index (χ1) is 11.6. The van der Waals surface area contributed by atoms with E-state index in [0.717, 1.165) is 5.82 Å². The van der Waals surface area contributed by atoms with Gasteiger partial charge >= 0.3 is 11.9 Å². The molecule has 1 aromatic heterocycles. The molecule has 0 saturated heterocycles. The lowest BCUT2D eigenvalue weighted by molar-refractivity contribution is -0.165. The molecule has 6 heteroatoms. The molecule has 25 heavy (non-hydrogen) atoms. The highest BCUT2D eigenvalue weighted by molar-refractivity contribution is 6.06. The van der Waals surface area contributed by atoms with Gasteiger partial charge in [0, 0.05) is 13.5 Å². The van der Waals surface area contributed by atoms with Crippen LogP contribution < -0.4 is 0 Å². The van der Waals surface area contributed by atoms with Crippen LogP contribution in [-0.2, 0) is 37.9 Å². The zero-order chi connectivity index (χ0) is 19.3. The second-order valence-corrected chi connectivity index (χ2v) is 7.20. The average Bonchev–Trinajstić information content (AvgIpc) is 2.85. The fourth-order valence-corrected chi connectivity index (χ4v) is 2.77. The van der Waals surface area contributed by atoms with Crippen LogP contribution in [0.3, 0.4) is 0 Å². The van der Waals surface area contributed by atoms with Crippen molar-refractivity contribution in [3.63, 3.8) is 0 Å². The molecule has 0 fully saturated rings. The molecule has 0 spiro atoms. The summed E-state index contributed by atoms with van der Waals surface area (Å²) >= 11 is 0. The number of carbonyl (C=O) groups is 2. The molecule has 0 bridgehead atoms. The average molecular weight is 350 g/mol. The van der Waals surface area contributed by atoms with Crippen LogP contribution in [0.2, 0.25) is 0 Å². The van der Waals surface area contributed by atoms with Crippen molar-refractivity contribution in [2.75, 3.05) is 13.2 Å². The highest BCUT2D eigenvalue weighted by Crippen LogP contribution is 2.33. The number of ether oxygens (including phenoxy) is 2. The Hall–Kier alpha value is -2.11. The van der Waals surface area contributed by atoms with Gasteiger partial charge in [0.1, 0.15) is 5.82 Å². The summed E-state index contributed by atoms with van der Waals surface area (Å²) in [7, 11) is 1.81. The minimum absolute atomic E-state index is 0.0192. The Bertz CT molecular complexity index is 608. The second-order valence-electron chi connectivity index (χ2n) is 7.20. The number of imidazole rings is 1. The van der Waals surface area contributed by atoms with E-state index < -0.39 is 17.4 Å². The minimum Gasteiger partial charge on any atom is -0.465 e. The maximum absolute atomic E-state index is 12.8. The largest absolute Gasteiger partial charge is 0.465 e. The van der Waals surface area contributed by atoms with Crippen LogP contribution in [0, 0.1) is 5.41 Å². The summed E-state index contributed by atoms with van der Waals surface area (Å²) in [6.45, 7) is 13.8. The Balaban J connectivity index is 3.53. The molecular formula is C19H30N2O4. The van der Waals surface area contributed by atoms with Gasteiger partial charge in [0.05, 0.1) is 25.1 Å². The summed E-state index contributed by atoms with van der Waals surface area (Å²) in [6, 6.07) is 0. The van der Waals surface area contributed by atoms with E-state index in [2.05, 4.69) is 32.3 Å². The summed E-state index contributed by atoms with van der Waals surface area (Å²) in [5.41, 5.74) is -1.11. The van der Waals surface area contributed by atoms with Gasteiger partial charge in [0.2, 0.25) is 5.41 Å². The van der Waals surface area contributed by atoms with Gasteiger partial charge in [-0.2, -0.15) is 0 Å². The van der Waals surface area contributed by atoms with E-state index in [4.69, 9.17) is 9.47 Å². The SMILES string of the molecule is C=CCC(C(=O)OCC)(C(=O)OCC)c1cnc(CC(C)(C)C)n1C. The number of hydrogen-bond acceptors (Lipinski definition) is 5. The summed E-state index contributed by atoms with van der Waals surface area (Å²) in [6.07, 6.45) is 3.89. The predicted octanol–water partition coefficient (Wildman–Crippen LogP) is 2.95. The molecule has 0 aliphatic heterocycles. The van der Waals surface area contributed by atoms with Gasteiger partial charge in [-0.25, -0.2) is 4.98 Å². The summed E-state index contributed by atoms with van der Waals surface area (Å²) in [4.78, 5) is 30.1. The number of carbonyl (C=O) groups excluding carboxylic acids is 2. The third-order valence-electron chi connectivity index (χ3n) is 3.91. The molecule has 0 amide bonds. The van der Waals surface area contributed by atoms with Gasteiger partial charge in [-0.1, -0.05) is 26.8 Å². The number of allylic oxidation sites excluding steroid dienone is 1. The first-order valence-corrected chi connectivity index (χ1v) is 8.60. The Kier molecular flexibility index (Phi) is 6.96. The van der Waals surface area contributed by atoms with E-state index in [1.54, 1.807) is 31.7 Å². The van der Waals surface area contributed by atoms with Crippen LogP contribution in [0.15, 0.2) is 18.9 Å². The normalized spacial score (nSPS) is 11.9. The number of nitrogens with zero attached hydrogens (tertiary/aromatic N) is 2. The quantitative estimate of drug-likeness (QED) is 0.409. The van der Waals surface area contributed by atoms with E-state index in [0.29, 0.717) is 12.1 Å². The van der Waals surface area contributed by atoms with Gasteiger partial charge in [-0.05, 0) is 25.7 Å². The zero-order valence-electron chi connectivity index (χ0n) is 16.2. The molecule has 0 saturated carbocycles. The van der Waals surface area contributed by atoms with E-state index in [1.807, 2.05) is 0 Å². The Morgan fingerprint density at radius 1 is 1.20 bits per heavy atom. The van der Waals surface area contributed by atoms with Crippen molar-refractivity contribution < 1.29 is 19.1 Å². The van der Waals surface area contributed by atoms with Crippen LogP contribution >= 0.6 is 0 Å². The molecule has 0 atom stereocenters. The number of rotatable bonds is 8. The first kappa shape index (κ1) is 20.9. The third kappa shape index (κ3) is 4.50. The molecular weight excluding hydrogens is 320 g/mol. The molecule has 1 heterocycles. The zero-order valence-corrected chi connectivity index (χ0v) is 16.2. The number of aromatic nitrogens is 2. The van der Waals surface area contributed by atoms with Gasteiger partial charge < -0.3 is 14.0 Å². The van der Waals surface area contributed by atoms with Crippen LogP contribution in [-0.4, -0.2) is 34.7 Å². The van der Waals surface area contributed by atoms with Crippen molar-refractivity contribution in [1.29, 1.82) is 0 Å². The molecule has 0 aliphatic rings. The van der Waals surface area contributed by atoms with Crippen molar-refractivity contribution in [1.82, 2.24) is 9.55 Å². The Morgan fingerprint density at radius 3 is 2.12 bits per heavy atom. The monoisotopic (exact) mass is 350 g/mol. The van der Waals surface area contributed by atoms with Crippen molar-refractivity contribution >= 4 is 11.9 Å². The highest BCUT2D eigenvalue weighted by Gasteiger charge is 2.52. The number of esters is 2. The smallest absolute Gasteiger partial charge is 0.330 e. The standard InChI is InChI=1S/C19H30N2O4/c1-8-11-19(16(22)24-9-2,17(23)25-10-3)14-13-20-15(21(14)7)12-18(4,5)6/h8,13H,1,9-12H2,2-7H3. The van der Waals surface area contributed by atoms with Crippen molar-refractivity contribution in [3.05, 3.63) is 30.4 Å². The fourth-order valence-electron chi connectivity index (χ4n) is 2.77. The molecule has 140 valence electrons. The lowest BCUT2D eigenvalue weighted by Gasteiger charge is -2.29. The van der Waals surface area contributed by atoms with E-state index >= 15 is 0 Å². The maximum atomic E-state index is 12.8. The van der Waals surface area contributed by atoms with Crippen molar-refractivity contribution in [2.45, 2.75) is 52.9 Å². The minimum atomic E-state index is -1.59. The van der Waals surface area contributed by atoms with E-state index in [1.165, 1.54) is 6.08 Å². The molecule has 1 aromatic rings. The van der Waals surface area contributed by atoms with E-state index in [9.17, 15) is 9.59 Å². The van der Waals surface area contributed by atoms with Crippen LogP contribution in [0.5, 0.6) is 0 Å². The van der Waals surface area contributed by atoms with Crippen LogP contribution in [0.1, 0.15) is 52.6 Å². The summed E-state index contributed by atoms with van der Waals surface area (Å²) in [5, 5.41) is 0. The lowest BCUT2D eigenvalue weighted by Crippen LogP contribution is -2.47. The second kappa shape index (κ2) is 8.32. The molecule has 1 rings (SSSR count). The first-order valence-electron chi connectivity index (χ1n) is 8.60. The molecule has 6 nitrogen and oxygen atoms in total. The Morgan fingerprint density at radius 2 is 1.72 bits per heavy atom. The fraction of sp³-hybridized carbons (Fsp3) is 0.632. The van der Waals surface area contributed by atoms with Gasteiger partial charge in [-0.15, -0.1) is 6.58 Å². The molecule has 0 aliphatic carbocycles. The van der Waals surface area contributed by atoms with Gasteiger partial charge in [-0.3, -0.25) is 9.59 Å². The molecule has 0 N–H and O–H groups in total. The van der Waals surface area contributed by atoms with Gasteiger partial charge in [0.15, 0.2) is 0 Å². The topological polar surface area (TPSA) is 70.4 Å². The predicted molar refractivity (Wildman–Crippen MR) is 96.1 cm³/mol. The molecule has 0 radical (unpaired) electrons. The Labute approximate surface area is 150 Å². The lowest BCUT2D eigenvalue weighted by atomic mass is 9.81. The highest BCUT2D eigenvalue weighted by atomic mass is 16.6. The van der Waals surface area contributed by atoms with Crippen LogP contribution in [0.25, 0.3) is 0 Å². The van der Waals surface area contributed by atoms with E-state index in [-0.39, 0.29) is 25.0 Å². The molecule has 0 aromatic carbocycles. The van der Waals surface area contributed by atoms with Crippen molar-refractivity contribution in [2.24, 2.45) is 12.5 Å². The molecule has 0 unspecified atom stereocenters. The summed E-state index contributed by atoms with van der Waals surface area (Å²) in [5.74, 6) is -0.484. The number of hydrogen-bond donors (Lipinski definition) is 0. The van der Waals surface area contributed by atoms with Crippen molar-refractivity contribution in [3.8, 4) is 0 Å². The van der Waals surface area contributed by atoms with Crippen LogP contribution in [0.4, 0.5) is 0 Å². The summed E-state index contributed by atoms with van der Waals surface area (Å²) < 4.78 is 12.2. The third-order valence-corrected chi connectivity index (χ3v) is 3.91. The maximum Gasteiger partial charge on any atom is 0.330 e.